The van der Waals surface area contributed by atoms with E-state index < -0.39 is 0 Å². The third-order valence-electron chi connectivity index (χ3n) is 7.31. The number of ether oxygens (including phenoxy) is 1. The number of hydrogen-bond acceptors (Lipinski definition) is 2. The van der Waals surface area contributed by atoms with Gasteiger partial charge in [-0.05, 0) is 85.6 Å². The molecule has 0 N–H and O–H groups in total. The Morgan fingerprint density at radius 3 is 1.34 bits per heavy atom. The van der Waals surface area contributed by atoms with Crippen molar-refractivity contribution < 1.29 is 9.53 Å². The average molecular weight is 529 g/mol. The molecule has 0 spiro atoms. The highest BCUT2D eigenvalue weighted by molar-refractivity contribution is 5.69. The fourth-order valence-corrected chi connectivity index (χ4v) is 4.62. The predicted octanol–water partition coefficient (Wildman–Crippen LogP) is 12.2. The molecule has 0 aromatic carbocycles. The molecule has 0 atom stereocenters. The molecule has 0 aliphatic heterocycles. The van der Waals surface area contributed by atoms with Crippen molar-refractivity contribution in [2.24, 2.45) is 0 Å². The first-order chi connectivity index (χ1) is 18.3. The number of carbonyl (C=O) groups is 1. The summed E-state index contributed by atoms with van der Waals surface area (Å²) in [6.45, 7) is 13.7. The van der Waals surface area contributed by atoms with Crippen LogP contribution in [0.15, 0.2) is 46.6 Å². The van der Waals surface area contributed by atoms with Gasteiger partial charge in [0.15, 0.2) is 0 Å². The highest BCUT2D eigenvalue weighted by atomic mass is 16.5. The standard InChI is InChI=1S/C36H64O2/c1-7-8-9-10-11-12-13-14-15-16-17-18-19-29-36(37)38-31-30-35(6)28-22-27-34(5)26-21-25-33(4)24-20-23-32(2)3/h23,25,27,30H,7-22,24,26,28-29,31H2,1-6H3/b33-25+,34-27?,35-30-. The Balaban J connectivity index is 3.71. The van der Waals surface area contributed by atoms with Crippen LogP contribution in [0.5, 0.6) is 0 Å². The van der Waals surface area contributed by atoms with Gasteiger partial charge in [-0.3, -0.25) is 4.79 Å². The number of rotatable bonds is 25. The van der Waals surface area contributed by atoms with Gasteiger partial charge in [0.05, 0.1) is 0 Å². The van der Waals surface area contributed by atoms with Crippen LogP contribution in [0.25, 0.3) is 0 Å². The summed E-state index contributed by atoms with van der Waals surface area (Å²) >= 11 is 0. The van der Waals surface area contributed by atoms with Crippen LogP contribution in [-0.4, -0.2) is 12.6 Å². The number of hydrogen-bond donors (Lipinski definition) is 0. The van der Waals surface area contributed by atoms with Gasteiger partial charge < -0.3 is 4.74 Å². The molecule has 0 aliphatic rings. The summed E-state index contributed by atoms with van der Waals surface area (Å²) < 4.78 is 5.42. The monoisotopic (exact) mass is 528 g/mol. The fourth-order valence-electron chi connectivity index (χ4n) is 4.62. The van der Waals surface area contributed by atoms with Gasteiger partial charge in [-0.2, -0.15) is 0 Å². The largest absolute Gasteiger partial charge is 0.461 e. The van der Waals surface area contributed by atoms with E-state index in [1.165, 1.54) is 99.3 Å². The molecule has 0 aromatic heterocycles. The van der Waals surface area contributed by atoms with Gasteiger partial charge in [0, 0.05) is 6.42 Å². The van der Waals surface area contributed by atoms with Crippen molar-refractivity contribution in [3.63, 3.8) is 0 Å². The second-order valence-corrected chi connectivity index (χ2v) is 11.7. The van der Waals surface area contributed by atoms with Crippen LogP contribution in [0.2, 0.25) is 0 Å². The number of esters is 1. The molecular formula is C36H64O2. The van der Waals surface area contributed by atoms with Gasteiger partial charge in [0.2, 0.25) is 0 Å². The molecule has 0 fully saturated rings. The van der Waals surface area contributed by atoms with Gasteiger partial charge in [0.1, 0.15) is 6.61 Å². The average Bonchev–Trinajstić information content (AvgIpc) is 2.86. The predicted molar refractivity (Wildman–Crippen MR) is 170 cm³/mol. The molecule has 0 saturated carbocycles. The smallest absolute Gasteiger partial charge is 0.306 e. The maximum absolute atomic E-state index is 12.0. The molecule has 0 heterocycles. The lowest BCUT2D eigenvalue weighted by atomic mass is 10.0. The summed E-state index contributed by atoms with van der Waals surface area (Å²) in [5.41, 5.74) is 5.68. The Kier molecular flexibility index (Phi) is 25.9. The second-order valence-electron chi connectivity index (χ2n) is 11.7. The van der Waals surface area contributed by atoms with Gasteiger partial charge in [0.25, 0.3) is 0 Å². The van der Waals surface area contributed by atoms with Gasteiger partial charge in [-0.25, -0.2) is 0 Å². The lowest BCUT2D eigenvalue weighted by Crippen LogP contribution is -2.04. The van der Waals surface area contributed by atoms with Crippen LogP contribution in [0.3, 0.4) is 0 Å². The van der Waals surface area contributed by atoms with E-state index >= 15 is 0 Å². The Bertz CT molecular complexity index is 688. The van der Waals surface area contributed by atoms with Gasteiger partial charge in [-0.15, -0.1) is 0 Å². The van der Waals surface area contributed by atoms with E-state index in [2.05, 4.69) is 65.8 Å². The van der Waals surface area contributed by atoms with Crippen LogP contribution in [0.4, 0.5) is 0 Å². The van der Waals surface area contributed by atoms with E-state index in [0.717, 1.165) is 44.9 Å². The zero-order valence-electron chi connectivity index (χ0n) is 26.5. The minimum atomic E-state index is -0.0444. The lowest BCUT2D eigenvalue weighted by Gasteiger charge is -2.05. The fraction of sp³-hybridized carbons (Fsp3) is 0.750. The zero-order valence-corrected chi connectivity index (χ0v) is 26.5. The first-order valence-corrected chi connectivity index (χ1v) is 16.1. The molecule has 220 valence electrons. The third-order valence-corrected chi connectivity index (χ3v) is 7.31. The Labute approximate surface area is 238 Å². The summed E-state index contributed by atoms with van der Waals surface area (Å²) in [5, 5.41) is 0. The summed E-state index contributed by atoms with van der Waals surface area (Å²) in [4.78, 5) is 12.0. The third kappa shape index (κ3) is 27.5. The number of unbranched alkanes of at least 4 members (excludes halogenated alkanes) is 12. The highest BCUT2D eigenvalue weighted by Gasteiger charge is 2.02. The lowest BCUT2D eigenvalue weighted by molar-refractivity contribution is -0.142. The molecule has 0 saturated heterocycles. The number of allylic oxidation sites excluding steroid dienone is 7. The zero-order chi connectivity index (χ0) is 28.3. The van der Waals surface area contributed by atoms with Crippen LogP contribution in [0.1, 0.15) is 170 Å². The first kappa shape index (κ1) is 36.4. The molecule has 0 bridgehead atoms. The Hall–Kier alpha value is -1.57. The summed E-state index contributed by atoms with van der Waals surface area (Å²) in [6, 6.07) is 0. The molecule has 0 aliphatic carbocycles. The van der Waals surface area contributed by atoms with Crippen LogP contribution < -0.4 is 0 Å². The molecule has 0 radical (unpaired) electrons. The first-order valence-electron chi connectivity index (χ1n) is 16.1. The quantitative estimate of drug-likeness (QED) is 0.0669. The van der Waals surface area contributed by atoms with Crippen molar-refractivity contribution in [2.75, 3.05) is 6.61 Å². The minimum absolute atomic E-state index is 0.0444. The maximum Gasteiger partial charge on any atom is 0.306 e. The summed E-state index contributed by atoms with van der Waals surface area (Å²) in [6.07, 6.45) is 33.6. The van der Waals surface area contributed by atoms with Gasteiger partial charge in [-0.1, -0.05) is 124 Å². The number of carbonyl (C=O) groups excluding carboxylic acids is 1. The van der Waals surface area contributed by atoms with Crippen LogP contribution >= 0.6 is 0 Å². The SMILES string of the molecule is CCCCCCCCCCCCCCCC(=O)OC/C=C(/C)CCC=C(C)CC/C=C(\C)CCC=C(C)C. The highest BCUT2D eigenvalue weighted by Crippen LogP contribution is 2.15. The van der Waals surface area contributed by atoms with Crippen molar-refractivity contribution in [1.82, 2.24) is 0 Å². The summed E-state index contributed by atoms with van der Waals surface area (Å²) in [5.74, 6) is -0.0444. The topological polar surface area (TPSA) is 26.3 Å². The van der Waals surface area contributed by atoms with E-state index in [1.807, 2.05) is 0 Å². The van der Waals surface area contributed by atoms with Crippen LogP contribution in [0, 0.1) is 0 Å². The minimum Gasteiger partial charge on any atom is -0.461 e. The molecule has 0 unspecified atom stereocenters. The molecule has 0 aromatic rings. The van der Waals surface area contributed by atoms with Crippen molar-refractivity contribution >= 4 is 5.97 Å². The van der Waals surface area contributed by atoms with Gasteiger partial charge >= 0.3 is 5.97 Å². The molecular weight excluding hydrogens is 464 g/mol. The Morgan fingerprint density at radius 2 is 0.895 bits per heavy atom. The molecule has 38 heavy (non-hydrogen) atoms. The Morgan fingerprint density at radius 1 is 0.500 bits per heavy atom. The molecule has 0 amide bonds. The second kappa shape index (κ2) is 27.0. The van der Waals surface area contributed by atoms with Crippen molar-refractivity contribution in [1.29, 1.82) is 0 Å². The van der Waals surface area contributed by atoms with Crippen LogP contribution in [-0.2, 0) is 9.53 Å². The van der Waals surface area contributed by atoms with Crippen molar-refractivity contribution in [2.45, 2.75) is 170 Å². The van der Waals surface area contributed by atoms with E-state index in [1.54, 1.807) is 0 Å². The van der Waals surface area contributed by atoms with E-state index in [-0.39, 0.29) is 5.97 Å². The van der Waals surface area contributed by atoms with Crippen molar-refractivity contribution in [3.8, 4) is 0 Å². The normalized spacial score (nSPS) is 12.6. The van der Waals surface area contributed by atoms with Crippen molar-refractivity contribution in [3.05, 3.63) is 46.6 Å². The van der Waals surface area contributed by atoms with E-state index in [4.69, 9.17) is 4.74 Å². The van der Waals surface area contributed by atoms with E-state index in [9.17, 15) is 4.79 Å². The maximum atomic E-state index is 12.0. The molecule has 0 rings (SSSR count). The molecule has 2 nitrogen and oxygen atoms in total. The van der Waals surface area contributed by atoms with E-state index in [0.29, 0.717) is 13.0 Å². The summed E-state index contributed by atoms with van der Waals surface area (Å²) in [7, 11) is 0. The molecule has 2 heteroatoms.